The van der Waals surface area contributed by atoms with E-state index >= 15 is 0 Å². The molecule has 3 rings (SSSR count). The molecule has 1 aromatic heterocycles. The van der Waals surface area contributed by atoms with Crippen molar-refractivity contribution in [3.63, 3.8) is 0 Å². The quantitative estimate of drug-likeness (QED) is 0.732. The summed E-state index contributed by atoms with van der Waals surface area (Å²) in [5.74, 6) is 4.56. The molecule has 2 fully saturated rings. The predicted molar refractivity (Wildman–Crippen MR) is 59.0 cm³/mol. The molecule has 0 radical (unpaired) electrons. The summed E-state index contributed by atoms with van der Waals surface area (Å²) in [4.78, 5) is 4.55. The molecule has 2 nitrogen and oxygen atoms in total. The van der Waals surface area contributed by atoms with Gasteiger partial charge in [-0.2, -0.15) is 0 Å². The Bertz CT molecular complexity index is 354. The van der Waals surface area contributed by atoms with Crippen molar-refractivity contribution in [3.8, 4) is 0 Å². The van der Waals surface area contributed by atoms with Gasteiger partial charge in [0.25, 0.3) is 0 Å². The number of nitrogens with zero attached hydrogens (tertiary/aromatic N) is 1. The van der Waals surface area contributed by atoms with E-state index in [0.29, 0.717) is 11.8 Å². The molecule has 0 unspecified atom stereocenters. The molecule has 0 bridgehead atoms. The Morgan fingerprint density at radius 2 is 1.93 bits per heavy atom. The summed E-state index contributed by atoms with van der Waals surface area (Å²) in [5, 5.41) is 0. The maximum Gasteiger partial charge on any atom is 0.198 e. The van der Waals surface area contributed by atoms with Gasteiger partial charge in [0.2, 0.25) is 0 Å². The number of hydrogen-bond donors (Lipinski definition) is 0. The van der Waals surface area contributed by atoms with E-state index in [1.807, 2.05) is 6.92 Å². The lowest BCUT2D eigenvalue weighted by Crippen LogP contribution is -2.04. The first-order valence-corrected chi connectivity index (χ1v) is 6.35. The molecule has 2 saturated carbocycles. The van der Waals surface area contributed by atoms with E-state index in [0.717, 1.165) is 29.2 Å². The van der Waals surface area contributed by atoms with Crippen molar-refractivity contribution in [2.45, 2.75) is 44.4 Å². The molecule has 0 aromatic carbocycles. The Hall–Kier alpha value is -0.500. The molecule has 15 heavy (non-hydrogen) atoms. The molecule has 2 aliphatic rings. The normalized spacial score (nSPS) is 21.3. The molecule has 2 aliphatic carbocycles. The minimum atomic E-state index is 0.445. The van der Waals surface area contributed by atoms with Gasteiger partial charge < -0.3 is 4.42 Å². The molecule has 0 aliphatic heterocycles. The highest BCUT2D eigenvalue weighted by Crippen LogP contribution is 2.54. The highest BCUT2D eigenvalue weighted by atomic mass is 35.5. The Morgan fingerprint density at radius 1 is 1.33 bits per heavy atom. The topological polar surface area (TPSA) is 26.0 Å². The van der Waals surface area contributed by atoms with Gasteiger partial charge in [-0.1, -0.05) is 0 Å². The molecule has 0 atom stereocenters. The Kier molecular flexibility index (Phi) is 2.27. The Morgan fingerprint density at radius 3 is 2.33 bits per heavy atom. The highest BCUT2D eigenvalue weighted by Gasteiger charge is 2.45. The van der Waals surface area contributed by atoms with Crippen LogP contribution >= 0.6 is 11.6 Å². The third kappa shape index (κ3) is 1.80. The minimum absolute atomic E-state index is 0.445. The largest absolute Gasteiger partial charge is 0.444 e. The minimum Gasteiger partial charge on any atom is -0.444 e. The van der Waals surface area contributed by atoms with E-state index in [1.165, 1.54) is 25.7 Å². The number of aromatic nitrogens is 1. The van der Waals surface area contributed by atoms with Gasteiger partial charge in [0.15, 0.2) is 5.89 Å². The van der Waals surface area contributed by atoms with Crippen LogP contribution in [0.3, 0.4) is 0 Å². The van der Waals surface area contributed by atoms with Gasteiger partial charge in [-0.3, -0.25) is 0 Å². The summed E-state index contributed by atoms with van der Waals surface area (Å²) in [6.07, 6.45) is 5.44. The van der Waals surface area contributed by atoms with Crippen LogP contribution < -0.4 is 0 Å². The van der Waals surface area contributed by atoms with E-state index in [9.17, 15) is 0 Å². The lowest BCUT2D eigenvalue weighted by Gasteiger charge is -2.09. The van der Waals surface area contributed by atoms with Crippen molar-refractivity contribution >= 4 is 11.6 Å². The SMILES string of the molecule is Cc1nc(C(C2CC2)C2CC2)oc1CCl. The van der Waals surface area contributed by atoms with Crippen molar-refractivity contribution in [3.05, 3.63) is 17.3 Å². The summed E-state index contributed by atoms with van der Waals surface area (Å²) >= 11 is 5.81. The average Bonchev–Trinajstić information content (AvgIpc) is 3.08. The Balaban J connectivity index is 1.88. The molecule has 82 valence electrons. The number of rotatable bonds is 4. The van der Waals surface area contributed by atoms with Crippen LogP contribution in [0.1, 0.15) is 48.9 Å². The van der Waals surface area contributed by atoms with Gasteiger partial charge in [-0.05, 0) is 44.4 Å². The van der Waals surface area contributed by atoms with Crippen LogP contribution in [0.2, 0.25) is 0 Å². The zero-order chi connectivity index (χ0) is 10.4. The molecular weight excluding hydrogens is 210 g/mol. The monoisotopic (exact) mass is 225 g/mol. The second-order valence-electron chi connectivity index (χ2n) is 4.89. The van der Waals surface area contributed by atoms with Crippen LogP contribution in [0, 0.1) is 18.8 Å². The van der Waals surface area contributed by atoms with Gasteiger partial charge in [-0.15, -0.1) is 11.6 Å². The maximum atomic E-state index is 5.81. The van der Waals surface area contributed by atoms with Crippen molar-refractivity contribution in [1.29, 1.82) is 0 Å². The van der Waals surface area contributed by atoms with Crippen LogP contribution in [0.5, 0.6) is 0 Å². The average molecular weight is 226 g/mol. The zero-order valence-electron chi connectivity index (χ0n) is 9.00. The first-order valence-electron chi connectivity index (χ1n) is 5.81. The van der Waals surface area contributed by atoms with Crippen molar-refractivity contribution in [2.75, 3.05) is 0 Å². The number of halogens is 1. The predicted octanol–water partition coefficient (Wildman–Crippen LogP) is 3.63. The summed E-state index contributed by atoms with van der Waals surface area (Å²) in [6, 6.07) is 0. The number of hydrogen-bond acceptors (Lipinski definition) is 2. The molecule has 0 amide bonds. The molecule has 0 saturated heterocycles. The second-order valence-corrected chi connectivity index (χ2v) is 5.16. The summed E-state index contributed by atoms with van der Waals surface area (Å²) in [7, 11) is 0. The molecule has 1 heterocycles. The molecule has 0 N–H and O–H groups in total. The lowest BCUT2D eigenvalue weighted by atomic mass is 9.98. The summed E-state index contributed by atoms with van der Waals surface area (Å²) in [6.45, 7) is 1.99. The first kappa shape index (κ1) is 9.71. The smallest absolute Gasteiger partial charge is 0.198 e. The van der Waals surface area contributed by atoms with Crippen LogP contribution in [0.4, 0.5) is 0 Å². The van der Waals surface area contributed by atoms with E-state index in [2.05, 4.69) is 4.98 Å². The zero-order valence-corrected chi connectivity index (χ0v) is 9.76. The molecular formula is C12H16ClNO. The third-order valence-electron chi connectivity index (χ3n) is 3.58. The summed E-state index contributed by atoms with van der Waals surface area (Å²) < 4.78 is 5.79. The first-order chi connectivity index (χ1) is 7.29. The van der Waals surface area contributed by atoms with Crippen molar-refractivity contribution < 1.29 is 4.42 Å². The van der Waals surface area contributed by atoms with Crippen LogP contribution in [-0.2, 0) is 5.88 Å². The van der Waals surface area contributed by atoms with Gasteiger partial charge in [0.1, 0.15) is 5.76 Å². The van der Waals surface area contributed by atoms with Gasteiger partial charge in [0, 0.05) is 5.92 Å². The molecule has 3 heteroatoms. The van der Waals surface area contributed by atoms with Crippen LogP contribution in [0.15, 0.2) is 4.42 Å². The fraction of sp³-hybridized carbons (Fsp3) is 0.750. The molecule has 0 spiro atoms. The number of alkyl halides is 1. The third-order valence-corrected chi connectivity index (χ3v) is 3.82. The van der Waals surface area contributed by atoms with E-state index in [4.69, 9.17) is 16.0 Å². The number of aryl methyl sites for hydroxylation is 1. The van der Waals surface area contributed by atoms with E-state index < -0.39 is 0 Å². The van der Waals surface area contributed by atoms with E-state index in [-0.39, 0.29) is 0 Å². The number of oxazole rings is 1. The van der Waals surface area contributed by atoms with Gasteiger partial charge >= 0.3 is 0 Å². The lowest BCUT2D eigenvalue weighted by molar-refractivity contribution is 0.379. The van der Waals surface area contributed by atoms with Crippen LogP contribution in [0.25, 0.3) is 0 Å². The van der Waals surface area contributed by atoms with Crippen LogP contribution in [-0.4, -0.2) is 4.98 Å². The van der Waals surface area contributed by atoms with Gasteiger partial charge in [-0.25, -0.2) is 4.98 Å². The van der Waals surface area contributed by atoms with Crippen molar-refractivity contribution in [1.82, 2.24) is 4.98 Å². The maximum absolute atomic E-state index is 5.81. The summed E-state index contributed by atoms with van der Waals surface area (Å²) in [5.41, 5.74) is 0.978. The van der Waals surface area contributed by atoms with Crippen molar-refractivity contribution in [2.24, 2.45) is 11.8 Å². The standard InChI is InChI=1S/C12H16ClNO/c1-7-10(6-13)15-12(14-7)11(8-2-3-8)9-4-5-9/h8-9,11H,2-6H2,1H3. The van der Waals surface area contributed by atoms with E-state index in [1.54, 1.807) is 0 Å². The fourth-order valence-electron chi connectivity index (χ4n) is 2.42. The fourth-order valence-corrected chi connectivity index (χ4v) is 2.66. The molecule has 1 aromatic rings. The van der Waals surface area contributed by atoms with Gasteiger partial charge in [0.05, 0.1) is 11.6 Å². The highest BCUT2D eigenvalue weighted by molar-refractivity contribution is 6.16. The Labute approximate surface area is 95.0 Å². The second kappa shape index (κ2) is 3.51.